The third-order valence-corrected chi connectivity index (χ3v) is 4.79. The van der Waals surface area contributed by atoms with Crippen LogP contribution in [0.1, 0.15) is 30.2 Å². The minimum Gasteiger partial charge on any atom is -0.271 e. The fraction of sp³-hybridized carbons (Fsp3) is 0.385. The van der Waals surface area contributed by atoms with E-state index in [0.717, 1.165) is 10.1 Å². The monoisotopic (exact) mass is 250 g/mol. The van der Waals surface area contributed by atoms with Gasteiger partial charge in [0.25, 0.3) is 0 Å². The van der Waals surface area contributed by atoms with E-state index in [1.807, 2.05) is 6.07 Å². The van der Waals surface area contributed by atoms with E-state index in [1.165, 1.54) is 30.2 Å². The van der Waals surface area contributed by atoms with Gasteiger partial charge >= 0.3 is 0 Å². The average molecular weight is 250 g/mol. The fourth-order valence-corrected chi connectivity index (χ4v) is 3.65. The van der Waals surface area contributed by atoms with Gasteiger partial charge in [-0.15, -0.1) is 11.3 Å². The Morgan fingerprint density at radius 1 is 1.35 bits per heavy atom. The van der Waals surface area contributed by atoms with Crippen molar-refractivity contribution in [2.75, 3.05) is 0 Å². The first kappa shape index (κ1) is 11.1. The van der Waals surface area contributed by atoms with Crippen LogP contribution >= 0.6 is 11.3 Å². The first-order valence-electron chi connectivity index (χ1n) is 5.93. The first-order valence-corrected chi connectivity index (χ1v) is 6.74. The molecule has 1 aromatic carbocycles. The Balaban J connectivity index is 1.98. The molecule has 3 rings (SSSR count). The van der Waals surface area contributed by atoms with Crippen molar-refractivity contribution >= 4 is 21.4 Å². The molecule has 0 spiro atoms. The number of nitrogens with two attached hydrogens (primary N) is 1. The number of hydrogen-bond donors (Lipinski definition) is 2. The molecule has 4 heteroatoms. The largest absolute Gasteiger partial charge is 0.271 e. The molecule has 90 valence electrons. The molecule has 1 saturated carbocycles. The van der Waals surface area contributed by atoms with Gasteiger partial charge in [-0.05, 0) is 42.3 Å². The SMILES string of the molecule is NNC(c1cc2ccc(F)cc2s1)C1CCC1. The zero-order valence-electron chi connectivity index (χ0n) is 9.45. The van der Waals surface area contributed by atoms with E-state index in [9.17, 15) is 4.39 Å². The van der Waals surface area contributed by atoms with Crippen molar-refractivity contribution < 1.29 is 4.39 Å². The maximum atomic E-state index is 13.1. The minimum atomic E-state index is -0.174. The second kappa shape index (κ2) is 4.37. The van der Waals surface area contributed by atoms with Crippen LogP contribution in [-0.2, 0) is 0 Å². The van der Waals surface area contributed by atoms with Gasteiger partial charge in [0, 0.05) is 9.58 Å². The third-order valence-electron chi connectivity index (χ3n) is 3.61. The fourth-order valence-electron chi connectivity index (χ4n) is 2.40. The van der Waals surface area contributed by atoms with E-state index in [1.54, 1.807) is 17.4 Å². The lowest BCUT2D eigenvalue weighted by Gasteiger charge is -2.32. The number of thiophene rings is 1. The number of hydrazine groups is 1. The minimum absolute atomic E-state index is 0.174. The lowest BCUT2D eigenvalue weighted by molar-refractivity contribution is 0.235. The third kappa shape index (κ3) is 1.97. The smallest absolute Gasteiger partial charge is 0.124 e. The molecule has 3 N–H and O–H groups in total. The summed E-state index contributed by atoms with van der Waals surface area (Å²) in [6.45, 7) is 0. The molecule has 1 aliphatic carbocycles. The quantitative estimate of drug-likeness (QED) is 0.647. The lowest BCUT2D eigenvalue weighted by atomic mass is 9.79. The van der Waals surface area contributed by atoms with E-state index in [-0.39, 0.29) is 11.9 Å². The molecule has 2 nitrogen and oxygen atoms in total. The van der Waals surface area contributed by atoms with Crippen molar-refractivity contribution in [3.63, 3.8) is 0 Å². The van der Waals surface area contributed by atoms with Crippen LogP contribution in [0.3, 0.4) is 0 Å². The van der Waals surface area contributed by atoms with Gasteiger partial charge < -0.3 is 0 Å². The topological polar surface area (TPSA) is 38.0 Å². The molecule has 0 saturated heterocycles. The Kier molecular flexibility index (Phi) is 2.86. The van der Waals surface area contributed by atoms with Crippen molar-refractivity contribution in [2.24, 2.45) is 11.8 Å². The van der Waals surface area contributed by atoms with Gasteiger partial charge in [0.2, 0.25) is 0 Å². The van der Waals surface area contributed by atoms with Crippen molar-refractivity contribution in [3.8, 4) is 0 Å². The zero-order chi connectivity index (χ0) is 11.8. The second-order valence-electron chi connectivity index (χ2n) is 4.67. The Hall–Kier alpha value is -0.970. The van der Waals surface area contributed by atoms with Crippen LogP contribution in [0.25, 0.3) is 10.1 Å². The molecular weight excluding hydrogens is 235 g/mol. The molecule has 1 aliphatic rings. The molecule has 1 fully saturated rings. The molecule has 0 bridgehead atoms. The molecule has 1 atom stereocenters. The number of hydrogen-bond acceptors (Lipinski definition) is 3. The Morgan fingerprint density at radius 2 is 2.18 bits per heavy atom. The van der Waals surface area contributed by atoms with Crippen LogP contribution < -0.4 is 11.3 Å². The average Bonchev–Trinajstić information content (AvgIpc) is 2.65. The summed E-state index contributed by atoms with van der Waals surface area (Å²) in [5.74, 6) is 6.11. The summed E-state index contributed by atoms with van der Waals surface area (Å²) in [6, 6.07) is 7.29. The van der Waals surface area contributed by atoms with E-state index >= 15 is 0 Å². The van der Waals surface area contributed by atoms with Gasteiger partial charge in [0.15, 0.2) is 0 Å². The summed E-state index contributed by atoms with van der Waals surface area (Å²) >= 11 is 1.64. The number of rotatable bonds is 3. The summed E-state index contributed by atoms with van der Waals surface area (Å²) in [4.78, 5) is 1.22. The van der Waals surface area contributed by atoms with Crippen LogP contribution in [0.5, 0.6) is 0 Å². The maximum Gasteiger partial charge on any atom is 0.124 e. The van der Waals surface area contributed by atoms with E-state index < -0.39 is 0 Å². The van der Waals surface area contributed by atoms with Gasteiger partial charge in [0.05, 0.1) is 6.04 Å². The van der Waals surface area contributed by atoms with Gasteiger partial charge in [0.1, 0.15) is 5.82 Å². The highest BCUT2D eigenvalue weighted by Crippen LogP contribution is 2.41. The van der Waals surface area contributed by atoms with Crippen LogP contribution in [0.4, 0.5) is 4.39 Å². The summed E-state index contributed by atoms with van der Waals surface area (Å²) < 4.78 is 14.1. The Morgan fingerprint density at radius 3 is 2.82 bits per heavy atom. The highest BCUT2D eigenvalue weighted by molar-refractivity contribution is 7.19. The highest BCUT2D eigenvalue weighted by Gasteiger charge is 2.28. The molecule has 17 heavy (non-hydrogen) atoms. The van der Waals surface area contributed by atoms with Crippen molar-refractivity contribution in [2.45, 2.75) is 25.3 Å². The van der Waals surface area contributed by atoms with Gasteiger partial charge in [-0.1, -0.05) is 12.5 Å². The molecular formula is C13H15FN2S. The number of nitrogens with one attached hydrogen (secondary N) is 1. The predicted octanol–water partition coefficient (Wildman–Crippen LogP) is 3.34. The van der Waals surface area contributed by atoms with Crippen molar-refractivity contribution in [1.82, 2.24) is 5.43 Å². The van der Waals surface area contributed by atoms with Crippen molar-refractivity contribution in [1.29, 1.82) is 0 Å². The van der Waals surface area contributed by atoms with Crippen LogP contribution in [0.2, 0.25) is 0 Å². The molecule has 1 aromatic heterocycles. The van der Waals surface area contributed by atoms with Gasteiger partial charge in [-0.3, -0.25) is 11.3 Å². The molecule has 0 amide bonds. The number of halogens is 1. The Labute approximate surface area is 104 Å². The molecule has 1 unspecified atom stereocenters. The van der Waals surface area contributed by atoms with E-state index in [4.69, 9.17) is 5.84 Å². The summed E-state index contributed by atoms with van der Waals surface area (Å²) in [5.41, 5.74) is 2.91. The second-order valence-corrected chi connectivity index (χ2v) is 5.78. The summed E-state index contributed by atoms with van der Waals surface area (Å²) in [6.07, 6.45) is 3.76. The highest BCUT2D eigenvalue weighted by atomic mass is 32.1. The standard InChI is InChI=1S/C13H15FN2S/c14-10-5-4-9-6-12(17-11(9)7-10)13(16-15)8-2-1-3-8/h4-8,13,16H,1-3,15H2. The van der Waals surface area contributed by atoms with Crippen LogP contribution in [0, 0.1) is 11.7 Å². The maximum absolute atomic E-state index is 13.1. The summed E-state index contributed by atoms with van der Waals surface area (Å²) in [5, 5.41) is 1.10. The van der Waals surface area contributed by atoms with Crippen LogP contribution in [-0.4, -0.2) is 0 Å². The van der Waals surface area contributed by atoms with Crippen molar-refractivity contribution in [3.05, 3.63) is 35.0 Å². The molecule has 0 radical (unpaired) electrons. The molecule has 0 aliphatic heterocycles. The summed E-state index contributed by atoms with van der Waals surface area (Å²) in [7, 11) is 0. The van der Waals surface area contributed by atoms with Crippen LogP contribution in [0.15, 0.2) is 24.3 Å². The zero-order valence-corrected chi connectivity index (χ0v) is 10.3. The Bertz CT molecular complexity index is 533. The van der Waals surface area contributed by atoms with E-state index in [0.29, 0.717) is 5.92 Å². The van der Waals surface area contributed by atoms with Gasteiger partial charge in [-0.25, -0.2) is 4.39 Å². The molecule has 1 heterocycles. The molecule has 2 aromatic rings. The lowest BCUT2D eigenvalue weighted by Crippen LogP contribution is -2.35. The van der Waals surface area contributed by atoms with E-state index in [2.05, 4.69) is 11.5 Å². The normalized spacial score (nSPS) is 18.2. The number of benzene rings is 1. The first-order chi connectivity index (χ1) is 8.28. The predicted molar refractivity (Wildman–Crippen MR) is 69.2 cm³/mol. The van der Waals surface area contributed by atoms with Gasteiger partial charge in [-0.2, -0.15) is 0 Å². The number of fused-ring (bicyclic) bond motifs is 1.